The van der Waals surface area contributed by atoms with E-state index in [2.05, 4.69) is 18.3 Å². The van der Waals surface area contributed by atoms with Gasteiger partial charge < -0.3 is 5.32 Å². The zero-order valence-corrected chi connectivity index (χ0v) is 12.1. The van der Waals surface area contributed by atoms with Crippen molar-refractivity contribution in [2.24, 2.45) is 0 Å². The van der Waals surface area contributed by atoms with Crippen LogP contribution in [0.2, 0.25) is 5.02 Å². The average Bonchev–Trinajstić information content (AvgIpc) is 2.87. The zero-order valence-electron chi connectivity index (χ0n) is 11.3. The topological polar surface area (TPSA) is 24.9 Å². The standard InChI is InChI=1S/C16H19ClN2/c1-2-9-18-10-13-11-5-4-8-15(11)19-16-12(13)6-3-7-14(16)17/h3,6-7,18H,2,4-5,8-10H2,1H3. The Labute approximate surface area is 119 Å². The van der Waals surface area contributed by atoms with Gasteiger partial charge in [0.1, 0.15) is 0 Å². The number of aromatic nitrogens is 1. The van der Waals surface area contributed by atoms with Crippen LogP contribution >= 0.6 is 11.6 Å². The third kappa shape index (κ3) is 2.35. The molecule has 0 amide bonds. The molecule has 0 aliphatic heterocycles. The lowest BCUT2D eigenvalue weighted by molar-refractivity contribution is 0.674. The molecule has 1 aliphatic rings. The summed E-state index contributed by atoms with van der Waals surface area (Å²) in [5.74, 6) is 0. The summed E-state index contributed by atoms with van der Waals surface area (Å²) >= 11 is 6.31. The predicted molar refractivity (Wildman–Crippen MR) is 80.8 cm³/mol. The van der Waals surface area contributed by atoms with Gasteiger partial charge in [-0.2, -0.15) is 0 Å². The maximum absolute atomic E-state index is 6.31. The number of benzene rings is 1. The van der Waals surface area contributed by atoms with Crippen LogP contribution in [0.5, 0.6) is 0 Å². The van der Waals surface area contributed by atoms with Gasteiger partial charge in [-0.15, -0.1) is 0 Å². The van der Waals surface area contributed by atoms with Crippen LogP contribution in [0.15, 0.2) is 18.2 Å². The fraction of sp³-hybridized carbons (Fsp3) is 0.438. The minimum Gasteiger partial charge on any atom is -0.313 e. The molecule has 0 spiro atoms. The van der Waals surface area contributed by atoms with Crippen molar-refractivity contribution in [2.45, 2.75) is 39.2 Å². The highest BCUT2D eigenvalue weighted by Gasteiger charge is 2.19. The molecule has 1 aromatic carbocycles. The lowest BCUT2D eigenvalue weighted by atomic mass is 10.0. The van der Waals surface area contributed by atoms with Gasteiger partial charge in [-0.3, -0.25) is 4.98 Å². The summed E-state index contributed by atoms with van der Waals surface area (Å²) in [6, 6.07) is 6.11. The molecule has 1 N–H and O–H groups in total. The summed E-state index contributed by atoms with van der Waals surface area (Å²) in [6.07, 6.45) is 4.63. The lowest BCUT2D eigenvalue weighted by Gasteiger charge is -2.13. The first-order valence-corrected chi connectivity index (χ1v) is 7.48. The molecule has 3 heteroatoms. The first-order chi connectivity index (χ1) is 9.31. The van der Waals surface area contributed by atoms with Crippen molar-refractivity contribution < 1.29 is 0 Å². The molecular weight excluding hydrogens is 256 g/mol. The van der Waals surface area contributed by atoms with Crippen molar-refractivity contribution in [1.82, 2.24) is 10.3 Å². The van der Waals surface area contributed by atoms with Gasteiger partial charge in [0.2, 0.25) is 0 Å². The highest BCUT2D eigenvalue weighted by molar-refractivity contribution is 6.35. The number of hydrogen-bond donors (Lipinski definition) is 1. The van der Waals surface area contributed by atoms with E-state index in [1.807, 2.05) is 12.1 Å². The molecule has 100 valence electrons. The van der Waals surface area contributed by atoms with Crippen molar-refractivity contribution in [3.05, 3.63) is 40.0 Å². The number of pyridine rings is 1. The molecule has 0 saturated carbocycles. The van der Waals surface area contributed by atoms with E-state index in [9.17, 15) is 0 Å². The second kappa shape index (κ2) is 5.48. The Kier molecular flexibility index (Phi) is 3.72. The highest BCUT2D eigenvalue weighted by Crippen LogP contribution is 2.32. The highest BCUT2D eigenvalue weighted by atomic mass is 35.5. The number of aryl methyl sites for hydroxylation is 1. The SMILES string of the molecule is CCCNCc1c2c(nc3c(Cl)cccc13)CCC2. The van der Waals surface area contributed by atoms with Gasteiger partial charge in [-0.1, -0.05) is 30.7 Å². The van der Waals surface area contributed by atoms with Crippen molar-refractivity contribution in [3.63, 3.8) is 0 Å². The fourth-order valence-electron chi connectivity index (χ4n) is 2.94. The van der Waals surface area contributed by atoms with Crippen molar-refractivity contribution >= 4 is 22.5 Å². The Bertz CT molecular complexity index is 607. The molecule has 2 aromatic rings. The average molecular weight is 275 g/mol. The number of fused-ring (bicyclic) bond motifs is 2. The number of nitrogens with zero attached hydrogens (tertiary/aromatic N) is 1. The maximum atomic E-state index is 6.31. The second-order valence-corrected chi connectivity index (χ2v) is 5.59. The van der Waals surface area contributed by atoms with Gasteiger partial charge in [0.25, 0.3) is 0 Å². The van der Waals surface area contributed by atoms with Crippen LogP contribution in [0.3, 0.4) is 0 Å². The summed E-state index contributed by atoms with van der Waals surface area (Å²) < 4.78 is 0. The number of hydrogen-bond acceptors (Lipinski definition) is 2. The van der Waals surface area contributed by atoms with Crippen LogP contribution < -0.4 is 5.32 Å². The molecule has 0 bridgehead atoms. The van der Waals surface area contributed by atoms with Gasteiger partial charge in [0.05, 0.1) is 10.5 Å². The Morgan fingerprint density at radius 2 is 2.21 bits per heavy atom. The smallest absolute Gasteiger partial charge is 0.0894 e. The third-order valence-electron chi connectivity index (χ3n) is 3.84. The van der Waals surface area contributed by atoms with E-state index in [0.717, 1.165) is 42.9 Å². The van der Waals surface area contributed by atoms with Gasteiger partial charge in [-0.25, -0.2) is 0 Å². The third-order valence-corrected chi connectivity index (χ3v) is 4.15. The van der Waals surface area contributed by atoms with Crippen LogP contribution in [0.1, 0.15) is 36.6 Å². The lowest BCUT2D eigenvalue weighted by Crippen LogP contribution is -2.16. The first-order valence-electron chi connectivity index (χ1n) is 7.11. The number of para-hydroxylation sites is 1. The van der Waals surface area contributed by atoms with E-state index in [1.165, 1.54) is 28.6 Å². The van der Waals surface area contributed by atoms with E-state index < -0.39 is 0 Å². The van der Waals surface area contributed by atoms with E-state index >= 15 is 0 Å². The first kappa shape index (κ1) is 12.9. The van der Waals surface area contributed by atoms with E-state index in [1.54, 1.807) is 0 Å². The summed E-state index contributed by atoms with van der Waals surface area (Å²) in [5.41, 5.74) is 5.10. The van der Waals surface area contributed by atoms with Crippen molar-refractivity contribution in [1.29, 1.82) is 0 Å². The monoisotopic (exact) mass is 274 g/mol. The minimum absolute atomic E-state index is 0.768. The van der Waals surface area contributed by atoms with Crippen molar-refractivity contribution in [2.75, 3.05) is 6.54 Å². The van der Waals surface area contributed by atoms with Gasteiger partial charge in [-0.05, 0) is 49.4 Å². The Morgan fingerprint density at radius 3 is 3.05 bits per heavy atom. The molecule has 1 heterocycles. The van der Waals surface area contributed by atoms with E-state index in [0.29, 0.717) is 0 Å². The van der Waals surface area contributed by atoms with Gasteiger partial charge >= 0.3 is 0 Å². The molecular formula is C16H19ClN2. The molecule has 2 nitrogen and oxygen atoms in total. The molecule has 0 fully saturated rings. The molecule has 3 rings (SSSR count). The van der Waals surface area contributed by atoms with Crippen LogP contribution in [-0.4, -0.2) is 11.5 Å². The molecule has 19 heavy (non-hydrogen) atoms. The summed E-state index contributed by atoms with van der Waals surface area (Å²) in [4.78, 5) is 4.78. The fourth-order valence-corrected chi connectivity index (χ4v) is 3.16. The molecule has 1 aromatic heterocycles. The molecule has 0 atom stereocenters. The molecule has 1 aliphatic carbocycles. The zero-order chi connectivity index (χ0) is 13.2. The Morgan fingerprint density at radius 1 is 1.32 bits per heavy atom. The quantitative estimate of drug-likeness (QED) is 0.856. The van der Waals surface area contributed by atoms with Crippen LogP contribution in [0, 0.1) is 0 Å². The molecule has 0 saturated heterocycles. The van der Waals surface area contributed by atoms with Gasteiger partial charge in [0, 0.05) is 17.6 Å². The summed E-state index contributed by atoms with van der Waals surface area (Å²) in [5, 5.41) is 5.51. The molecule has 0 unspecified atom stereocenters. The van der Waals surface area contributed by atoms with E-state index in [-0.39, 0.29) is 0 Å². The van der Waals surface area contributed by atoms with Crippen LogP contribution in [-0.2, 0) is 19.4 Å². The largest absolute Gasteiger partial charge is 0.313 e. The predicted octanol–water partition coefficient (Wildman–Crippen LogP) is 3.88. The van der Waals surface area contributed by atoms with Crippen LogP contribution in [0.25, 0.3) is 10.9 Å². The summed E-state index contributed by atoms with van der Waals surface area (Å²) in [7, 11) is 0. The Balaban J connectivity index is 2.13. The summed E-state index contributed by atoms with van der Waals surface area (Å²) in [6.45, 7) is 4.17. The number of rotatable bonds is 4. The van der Waals surface area contributed by atoms with Crippen LogP contribution in [0.4, 0.5) is 0 Å². The molecule has 0 radical (unpaired) electrons. The Hall–Kier alpha value is -1.12. The normalized spacial score (nSPS) is 14.0. The number of nitrogens with one attached hydrogen (secondary N) is 1. The van der Waals surface area contributed by atoms with Crippen molar-refractivity contribution in [3.8, 4) is 0 Å². The number of halogens is 1. The van der Waals surface area contributed by atoms with E-state index in [4.69, 9.17) is 16.6 Å². The maximum Gasteiger partial charge on any atom is 0.0894 e. The van der Waals surface area contributed by atoms with Gasteiger partial charge in [0.15, 0.2) is 0 Å². The minimum atomic E-state index is 0.768. The second-order valence-electron chi connectivity index (χ2n) is 5.18.